The third-order valence-corrected chi connectivity index (χ3v) is 5.08. The summed E-state index contributed by atoms with van der Waals surface area (Å²) in [6, 6.07) is 10.6. The van der Waals surface area contributed by atoms with Gasteiger partial charge in [0.1, 0.15) is 11.9 Å². The van der Waals surface area contributed by atoms with E-state index < -0.39 is 23.3 Å². The molecule has 1 atom stereocenters. The van der Waals surface area contributed by atoms with Crippen LogP contribution in [0.1, 0.15) is 38.8 Å². The lowest BCUT2D eigenvalue weighted by Crippen LogP contribution is -2.52. The van der Waals surface area contributed by atoms with Crippen LogP contribution in [0.15, 0.2) is 42.5 Å². The normalized spacial score (nSPS) is 12.4. The van der Waals surface area contributed by atoms with Crippen LogP contribution in [0.3, 0.4) is 0 Å². The van der Waals surface area contributed by atoms with Crippen LogP contribution in [0.25, 0.3) is 0 Å². The lowest BCUT2D eigenvalue weighted by atomic mass is 10.1. The Morgan fingerprint density at radius 3 is 2.28 bits per heavy atom. The number of nitrogens with zero attached hydrogens (tertiary/aromatic N) is 1. The number of rotatable bonds is 6. The highest BCUT2D eigenvalue weighted by molar-refractivity contribution is 6.31. The minimum Gasteiger partial charge on any atom is -0.350 e. The first-order chi connectivity index (χ1) is 13.5. The zero-order valence-electron chi connectivity index (χ0n) is 16.9. The van der Waals surface area contributed by atoms with Crippen molar-refractivity contribution in [2.75, 3.05) is 0 Å². The van der Waals surface area contributed by atoms with Gasteiger partial charge in [0, 0.05) is 27.7 Å². The van der Waals surface area contributed by atoms with Gasteiger partial charge in [0.05, 0.1) is 6.42 Å². The molecule has 2 amide bonds. The van der Waals surface area contributed by atoms with E-state index in [0.717, 1.165) is 0 Å². The van der Waals surface area contributed by atoms with Gasteiger partial charge in [0.15, 0.2) is 0 Å². The maximum Gasteiger partial charge on any atom is 0.242 e. The summed E-state index contributed by atoms with van der Waals surface area (Å²) in [7, 11) is 0. The van der Waals surface area contributed by atoms with E-state index in [0.29, 0.717) is 10.6 Å². The first-order valence-corrected chi connectivity index (χ1v) is 10.0. The van der Waals surface area contributed by atoms with Gasteiger partial charge in [-0.05, 0) is 51.5 Å². The van der Waals surface area contributed by atoms with E-state index in [9.17, 15) is 14.0 Å². The van der Waals surface area contributed by atoms with Gasteiger partial charge >= 0.3 is 0 Å². The molecule has 0 aliphatic heterocycles. The summed E-state index contributed by atoms with van der Waals surface area (Å²) in [5.74, 6) is -1.29. The maximum absolute atomic E-state index is 14.2. The summed E-state index contributed by atoms with van der Waals surface area (Å²) in [6.45, 7) is 7.33. The molecule has 2 aromatic rings. The van der Waals surface area contributed by atoms with Crippen LogP contribution >= 0.6 is 23.2 Å². The lowest BCUT2D eigenvalue weighted by Gasteiger charge is -2.32. The molecule has 0 saturated heterocycles. The molecule has 29 heavy (non-hydrogen) atoms. The van der Waals surface area contributed by atoms with Crippen LogP contribution in [0.2, 0.25) is 10.0 Å². The average molecular weight is 439 g/mol. The molecule has 0 aromatic heterocycles. The summed E-state index contributed by atoms with van der Waals surface area (Å²) < 4.78 is 14.2. The molecule has 1 unspecified atom stereocenters. The summed E-state index contributed by atoms with van der Waals surface area (Å²) >= 11 is 12.3. The van der Waals surface area contributed by atoms with Crippen LogP contribution in [-0.2, 0) is 22.6 Å². The molecular formula is C22H25Cl2FN2O2. The number of amides is 2. The Kier molecular flexibility index (Phi) is 7.66. The quantitative estimate of drug-likeness (QED) is 0.688. The van der Waals surface area contributed by atoms with Gasteiger partial charge in [-0.15, -0.1) is 0 Å². The van der Waals surface area contributed by atoms with Gasteiger partial charge in [0.25, 0.3) is 0 Å². The van der Waals surface area contributed by atoms with Crippen LogP contribution in [-0.4, -0.2) is 28.3 Å². The second-order valence-electron chi connectivity index (χ2n) is 7.91. The molecule has 7 heteroatoms. The predicted molar refractivity (Wildman–Crippen MR) is 114 cm³/mol. The van der Waals surface area contributed by atoms with Crippen LogP contribution < -0.4 is 5.32 Å². The number of nitrogens with one attached hydrogen (secondary N) is 1. The Bertz CT molecular complexity index is 876. The van der Waals surface area contributed by atoms with Crippen molar-refractivity contribution >= 4 is 35.0 Å². The third-order valence-electron chi connectivity index (χ3n) is 4.35. The summed E-state index contributed by atoms with van der Waals surface area (Å²) in [5, 5.41) is 3.53. The molecule has 0 saturated carbocycles. The van der Waals surface area contributed by atoms with Crippen molar-refractivity contribution in [3.63, 3.8) is 0 Å². The highest BCUT2D eigenvalue weighted by Gasteiger charge is 2.29. The fraction of sp³-hybridized carbons (Fsp3) is 0.364. The van der Waals surface area contributed by atoms with Crippen molar-refractivity contribution in [1.29, 1.82) is 0 Å². The SMILES string of the molecule is CC(C(=O)NC(C)(C)C)N(Cc1ccccc1Cl)C(=O)Cc1c(F)cccc1Cl. The smallest absolute Gasteiger partial charge is 0.242 e. The van der Waals surface area contributed by atoms with Gasteiger partial charge < -0.3 is 10.2 Å². The molecule has 0 heterocycles. The molecule has 2 rings (SSSR count). The van der Waals surface area contributed by atoms with E-state index in [1.807, 2.05) is 20.8 Å². The summed E-state index contributed by atoms with van der Waals surface area (Å²) in [6.07, 6.45) is -0.261. The molecule has 0 spiro atoms. The minimum atomic E-state index is -0.788. The first-order valence-electron chi connectivity index (χ1n) is 9.27. The van der Waals surface area contributed by atoms with Crippen LogP contribution in [0.4, 0.5) is 4.39 Å². The Labute approximate surface area is 181 Å². The van der Waals surface area contributed by atoms with Gasteiger partial charge in [0.2, 0.25) is 11.8 Å². The Morgan fingerprint density at radius 2 is 1.69 bits per heavy atom. The number of halogens is 3. The fourth-order valence-corrected chi connectivity index (χ4v) is 3.25. The Balaban J connectivity index is 2.34. The average Bonchev–Trinajstić information content (AvgIpc) is 2.62. The zero-order valence-corrected chi connectivity index (χ0v) is 18.4. The van der Waals surface area contributed by atoms with Gasteiger partial charge in [-0.1, -0.05) is 47.5 Å². The Hall–Kier alpha value is -2.11. The number of carbonyl (C=O) groups excluding carboxylic acids is 2. The molecule has 0 radical (unpaired) electrons. The second-order valence-corrected chi connectivity index (χ2v) is 8.72. The van der Waals surface area contributed by atoms with E-state index in [4.69, 9.17) is 23.2 Å². The van der Waals surface area contributed by atoms with E-state index in [-0.39, 0.29) is 29.5 Å². The van der Waals surface area contributed by atoms with E-state index >= 15 is 0 Å². The monoisotopic (exact) mass is 438 g/mol. The molecule has 4 nitrogen and oxygen atoms in total. The maximum atomic E-state index is 14.2. The lowest BCUT2D eigenvalue weighted by molar-refractivity contribution is -0.140. The number of hydrogen-bond acceptors (Lipinski definition) is 2. The van der Waals surface area contributed by atoms with Gasteiger partial charge in [-0.25, -0.2) is 4.39 Å². The standard InChI is InChI=1S/C22H25Cl2FN2O2/c1-14(21(29)26-22(2,3)4)27(13-15-8-5-6-9-17(15)23)20(28)12-16-18(24)10-7-11-19(16)25/h5-11,14H,12-13H2,1-4H3,(H,26,29). The number of benzene rings is 2. The van der Waals surface area contributed by atoms with Crippen molar-refractivity contribution in [2.45, 2.75) is 52.2 Å². The zero-order chi connectivity index (χ0) is 21.8. The summed E-state index contributed by atoms with van der Waals surface area (Å²) in [5.41, 5.74) is 0.337. The number of hydrogen-bond donors (Lipinski definition) is 1. The van der Waals surface area contributed by atoms with Crippen LogP contribution in [0, 0.1) is 5.82 Å². The van der Waals surface area contributed by atoms with Crippen molar-refractivity contribution in [2.24, 2.45) is 0 Å². The van der Waals surface area contributed by atoms with E-state index in [1.54, 1.807) is 31.2 Å². The molecule has 0 bridgehead atoms. The Morgan fingerprint density at radius 1 is 1.07 bits per heavy atom. The third kappa shape index (κ3) is 6.44. The minimum absolute atomic E-state index is 0.103. The first kappa shape index (κ1) is 23.2. The van der Waals surface area contributed by atoms with E-state index in [1.165, 1.54) is 23.1 Å². The van der Waals surface area contributed by atoms with Crippen molar-refractivity contribution < 1.29 is 14.0 Å². The molecule has 0 aliphatic rings. The molecular weight excluding hydrogens is 414 g/mol. The van der Waals surface area contributed by atoms with Gasteiger partial charge in [-0.3, -0.25) is 9.59 Å². The second kappa shape index (κ2) is 9.59. The van der Waals surface area contributed by atoms with Crippen molar-refractivity contribution in [1.82, 2.24) is 10.2 Å². The topological polar surface area (TPSA) is 49.4 Å². The number of carbonyl (C=O) groups is 2. The van der Waals surface area contributed by atoms with E-state index in [2.05, 4.69) is 5.32 Å². The molecule has 1 N–H and O–H groups in total. The molecule has 0 fully saturated rings. The van der Waals surface area contributed by atoms with Crippen LogP contribution in [0.5, 0.6) is 0 Å². The molecule has 2 aromatic carbocycles. The van der Waals surface area contributed by atoms with Crippen molar-refractivity contribution in [3.05, 3.63) is 69.5 Å². The summed E-state index contributed by atoms with van der Waals surface area (Å²) in [4.78, 5) is 27.2. The largest absolute Gasteiger partial charge is 0.350 e. The highest BCUT2D eigenvalue weighted by atomic mass is 35.5. The van der Waals surface area contributed by atoms with Gasteiger partial charge in [-0.2, -0.15) is 0 Å². The fourth-order valence-electron chi connectivity index (χ4n) is 2.82. The highest BCUT2D eigenvalue weighted by Crippen LogP contribution is 2.23. The molecule has 156 valence electrons. The van der Waals surface area contributed by atoms with Crippen molar-refractivity contribution in [3.8, 4) is 0 Å². The predicted octanol–water partition coefficient (Wildman–Crippen LogP) is 5.01. The molecule has 0 aliphatic carbocycles.